The van der Waals surface area contributed by atoms with Crippen LogP contribution in [0.1, 0.15) is 23.2 Å². The van der Waals surface area contributed by atoms with Gasteiger partial charge in [0.15, 0.2) is 11.5 Å². The maximum Gasteiger partial charge on any atom is 0.257 e. The molecule has 1 aliphatic rings. The summed E-state index contributed by atoms with van der Waals surface area (Å²) in [5.74, 6) is 1.52. The van der Waals surface area contributed by atoms with Gasteiger partial charge >= 0.3 is 0 Å². The van der Waals surface area contributed by atoms with E-state index in [0.717, 1.165) is 19.4 Å². The number of carbonyl (C=O) groups is 1. The average Bonchev–Trinajstić information content (AvgIpc) is 3.31. The molecule has 1 aliphatic heterocycles. The zero-order valence-corrected chi connectivity index (χ0v) is 17.4. The van der Waals surface area contributed by atoms with Crippen LogP contribution in [0.25, 0.3) is 0 Å². The lowest BCUT2D eigenvalue weighted by atomic mass is 10.2. The maximum atomic E-state index is 12.7. The first-order valence-corrected chi connectivity index (χ1v) is 9.74. The van der Waals surface area contributed by atoms with E-state index in [0.29, 0.717) is 41.0 Å². The highest BCUT2D eigenvalue weighted by molar-refractivity contribution is 6.10. The number of ether oxygens (including phenoxy) is 4. The van der Waals surface area contributed by atoms with Crippen molar-refractivity contribution in [3.63, 3.8) is 0 Å². The molecule has 160 valence electrons. The van der Waals surface area contributed by atoms with Gasteiger partial charge in [0, 0.05) is 30.0 Å². The molecule has 2 N–H and O–H groups in total. The maximum absolute atomic E-state index is 12.7. The second kappa shape index (κ2) is 10.5. The van der Waals surface area contributed by atoms with E-state index in [-0.39, 0.29) is 12.0 Å². The molecule has 1 heterocycles. The predicted octanol–water partition coefficient (Wildman–Crippen LogP) is 3.09. The monoisotopic (exact) mass is 413 g/mol. The number of guanidine groups is 1. The van der Waals surface area contributed by atoms with Gasteiger partial charge in [-0.15, -0.1) is 0 Å². The van der Waals surface area contributed by atoms with Crippen LogP contribution in [0.4, 0.5) is 5.69 Å². The molecule has 2 aromatic carbocycles. The van der Waals surface area contributed by atoms with Crippen LogP contribution in [-0.2, 0) is 4.74 Å². The Kier molecular flexibility index (Phi) is 7.51. The van der Waals surface area contributed by atoms with E-state index in [4.69, 9.17) is 18.9 Å². The summed E-state index contributed by atoms with van der Waals surface area (Å²) in [5, 5.41) is 5.99. The summed E-state index contributed by atoms with van der Waals surface area (Å²) >= 11 is 0. The molecule has 1 saturated heterocycles. The molecular weight excluding hydrogens is 386 g/mol. The number of benzene rings is 2. The zero-order chi connectivity index (χ0) is 21.3. The smallest absolute Gasteiger partial charge is 0.257 e. The van der Waals surface area contributed by atoms with Gasteiger partial charge in [0.2, 0.25) is 11.7 Å². The number of carbonyl (C=O) groups excluding carboxylic acids is 1. The third kappa shape index (κ3) is 5.42. The summed E-state index contributed by atoms with van der Waals surface area (Å²) in [5.41, 5.74) is 1.16. The van der Waals surface area contributed by atoms with Crippen LogP contribution in [0.15, 0.2) is 47.5 Å². The summed E-state index contributed by atoms with van der Waals surface area (Å²) in [4.78, 5) is 17.2. The molecule has 30 heavy (non-hydrogen) atoms. The molecule has 0 spiro atoms. The number of anilines is 1. The lowest BCUT2D eigenvalue weighted by Crippen LogP contribution is -2.36. The van der Waals surface area contributed by atoms with Crippen LogP contribution in [0.5, 0.6) is 17.2 Å². The van der Waals surface area contributed by atoms with Gasteiger partial charge in [-0.1, -0.05) is 18.2 Å². The van der Waals surface area contributed by atoms with Crippen LogP contribution in [-0.4, -0.2) is 52.5 Å². The molecule has 2 aromatic rings. The van der Waals surface area contributed by atoms with E-state index in [9.17, 15) is 4.79 Å². The zero-order valence-electron chi connectivity index (χ0n) is 17.4. The Balaban J connectivity index is 1.84. The van der Waals surface area contributed by atoms with Gasteiger partial charge in [-0.3, -0.25) is 10.1 Å². The first-order valence-electron chi connectivity index (χ1n) is 9.74. The van der Waals surface area contributed by atoms with Crippen molar-refractivity contribution in [2.24, 2.45) is 4.99 Å². The molecule has 3 rings (SSSR count). The van der Waals surface area contributed by atoms with Gasteiger partial charge in [0.25, 0.3) is 5.91 Å². The van der Waals surface area contributed by atoms with Crippen molar-refractivity contribution in [1.29, 1.82) is 0 Å². The minimum absolute atomic E-state index is 0.0513. The van der Waals surface area contributed by atoms with Gasteiger partial charge < -0.3 is 24.3 Å². The van der Waals surface area contributed by atoms with Crippen molar-refractivity contribution in [1.82, 2.24) is 5.32 Å². The number of nitrogens with zero attached hydrogens (tertiary/aromatic N) is 1. The van der Waals surface area contributed by atoms with Crippen molar-refractivity contribution in [3.8, 4) is 17.2 Å². The highest BCUT2D eigenvalue weighted by Gasteiger charge is 2.18. The van der Waals surface area contributed by atoms with Crippen LogP contribution in [0.2, 0.25) is 0 Å². The first-order chi connectivity index (χ1) is 14.6. The molecule has 1 amide bonds. The summed E-state index contributed by atoms with van der Waals surface area (Å²) < 4.78 is 21.8. The molecule has 0 radical (unpaired) electrons. The van der Waals surface area contributed by atoms with Gasteiger partial charge in [-0.25, -0.2) is 4.99 Å². The van der Waals surface area contributed by atoms with Crippen molar-refractivity contribution < 1.29 is 23.7 Å². The van der Waals surface area contributed by atoms with Crippen molar-refractivity contribution in [2.45, 2.75) is 18.9 Å². The Morgan fingerprint density at radius 3 is 2.37 bits per heavy atom. The highest BCUT2D eigenvalue weighted by atomic mass is 16.5. The van der Waals surface area contributed by atoms with Crippen LogP contribution < -0.4 is 24.8 Å². The van der Waals surface area contributed by atoms with Crippen LogP contribution in [0, 0.1) is 0 Å². The van der Waals surface area contributed by atoms with E-state index in [1.807, 2.05) is 18.2 Å². The van der Waals surface area contributed by atoms with E-state index in [2.05, 4.69) is 15.6 Å². The minimum Gasteiger partial charge on any atom is -0.493 e. The minimum atomic E-state index is -0.262. The third-order valence-corrected chi connectivity index (χ3v) is 4.67. The fourth-order valence-corrected chi connectivity index (χ4v) is 3.15. The summed E-state index contributed by atoms with van der Waals surface area (Å²) in [7, 11) is 4.64. The molecule has 0 bridgehead atoms. The molecule has 1 unspecified atom stereocenters. The van der Waals surface area contributed by atoms with Crippen molar-refractivity contribution >= 4 is 17.6 Å². The second-order valence-electron chi connectivity index (χ2n) is 6.68. The van der Waals surface area contributed by atoms with Gasteiger partial charge in [0.05, 0.1) is 34.0 Å². The van der Waals surface area contributed by atoms with E-state index >= 15 is 0 Å². The molecule has 0 aromatic heterocycles. The molecular formula is C22H27N3O5. The summed E-state index contributed by atoms with van der Waals surface area (Å²) in [6, 6.07) is 12.5. The van der Waals surface area contributed by atoms with Crippen LogP contribution in [0.3, 0.4) is 0 Å². The number of hydrogen-bond acceptors (Lipinski definition) is 6. The van der Waals surface area contributed by atoms with Gasteiger partial charge in [0.1, 0.15) is 0 Å². The number of nitrogens with one attached hydrogen (secondary N) is 2. The lowest BCUT2D eigenvalue weighted by Gasteiger charge is -2.17. The Bertz CT molecular complexity index is 855. The number of hydrogen-bond donors (Lipinski definition) is 2. The number of aliphatic imine (C=N–C) groups is 1. The SMILES string of the molecule is COc1cc(NC(=NCC2CCCO2)NC(=O)c2ccccc2)cc(OC)c1OC. The number of amides is 1. The van der Waals surface area contributed by atoms with E-state index < -0.39 is 0 Å². The number of rotatable bonds is 7. The lowest BCUT2D eigenvalue weighted by molar-refractivity contribution is 0.0975. The highest BCUT2D eigenvalue weighted by Crippen LogP contribution is 2.39. The third-order valence-electron chi connectivity index (χ3n) is 4.67. The van der Waals surface area contributed by atoms with Crippen molar-refractivity contribution in [3.05, 3.63) is 48.0 Å². The molecule has 8 heteroatoms. The van der Waals surface area contributed by atoms with E-state index in [1.165, 1.54) is 0 Å². The Labute approximate surface area is 176 Å². The quantitative estimate of drug-likeness (QED) is 0.536. The number of methoxy groups -OCH3 is 3. The van der Waals surface area contributed by atoms with E-state index in [1.54, 1.807) is 45.6 Å². The Morgan fingerprint density at radius 2 is 1.80 bits per heavy atom. The fourth-order valence-electron chi connectivity index (χ4n) is 3.15. The topological polar surface area (TPSA) is 90.4 Å². The second-order valence-corrected chi connectivity index (χ2v) is 6.68. The molecule has 0 saturated carbocycles. The fraction of sp³-hybridized carbons (Fsp3) is 0.364. The Morgan fingerprint density at radius 1 is 1.10 bits per heavy atom. The van der Waals surface area contributed by atoms with Crippen molar-refractivity contribution in [2.75, 3.05) is 39.8 Å². The predicted molar refractivity (Wildman–Crippen MR) is 115 cm³/mol. The first kappa shape index (κ1) is 21.4. The largest absolute Gasteiger partial charge is 0.493 e. The average molecular weight is 413 g/mol. The van der Waals surface area contributed by atoms with Gasteiger partial charge in [-0.2, -0.15) is 0 Å². The molecule has 1 fully saturated rings. The Hall–Kier alpha value is -3.26. The normalized spacial score (nSPS) is 16.1. The van der Waals surface area contributed by atoms with Gasteiger partial charge in [-0.05, 0) is 25.0 Å². The molecule has 0 aliphatic carbocycles. The molecule has 1 atom stereocenters. The standard InChI is InChI=1S/C22H27N3O5/c1-27-18-12-16(13-19(28-2)20(18)29-3)24-22(23-14-17-10-7-11-30-17)25-21(26)15-8-5-4-6-9-15/h4-6,8-9,12-13,17H,7,10-11,14H2,1-3H3,(H2,23,24,25,26). The molecule has 8 nitrogen and oxygen atoms in total. The van der Waals surface area contributed by atoms with Crippen LogP contribution >= 0.6 is 0 Å². The summed E-state index contributed by atoms with van der Waals surface area (Å²) in [6.07, 6.45) is 2.02. The summed E-state index contributed by atoms with van der Waals surface area (Å²) in [6.45, 7) is 1.19.